The number of esters is 3. The van der Waals surface area contributed by atoms with Gasteiger partial charge in [0.1, 0.15) is 13.2 Å². The van der Waals surface area contributed by atoms with Crippen molar-refractivity contribution in [1.29, 1.82) is 0 Å². The van der Waals surface area contributed by atoms with E-state index < -0.39 is 6.10 Å². The highest BCUT2D eigenvalue weighted by molar-refractivity contribution is 5.71. The van der Waals surface area contributed by atoms with Crippen LogP contribution in [0.15, 0.2) is 60.8 Å². The van der Waals surface area contributed by atoms with E-state index in [0.29, 0.717) is 19.3 Å². The van der Waals surface area contributed by atoms with Crippen LogP contribution in [0.2, 0.25) is 0 Å². The highest BCUT2D eigenvalue weighted by Gasteiger charge is 2.19. The minimum atomic E-state index is -0.802. The summed E-state index contributed by atoms with van der Waals surface area (Å²) in [7, 11) is 0. The van der Waals surface area contributed by atoms with Gasteiger partial charge in [0.15, 0.2) is 6.10 Å². The molecule has 75 heavy (non-hydrogen) atoms. The van der Waals surface area contributed by atoms with E-state index in [1.807, 2.05) is 0 Å². The molecule has 0 aliphatic heterocycles. The van der Waals surface area contributed by atoms with Gasteiger partial charge in [0.25, 0.3) is 0 Å². The van der Waals surface area contributed by atoms with Crippen molar-refractivity contribution in [2.75, 3.05) is 13.2 Å². The lowest BCUT2D eigenvalue weighted by Gasteiger charge is -2.18. The van der Waals surface area contributed by atoms with Crippen LogP contribution >= 0.6 is 0 Å². The van der Waals surface area contributed by atoms with Crippen molar-refractivity contribution in [3.63, 3.8) is 0 Å². The van der Waals surface area contributed by atoms with E-state index in [2.05, 4.69) is 81.5 Å². The first-order valence-corrected chi connectivity index (χ1v) is 32.8. The quantitative estimate of drug-likeness (QED) is 0.0261. The van der Waals surface area contributed by atoms with Crippen molar-refractivity contribution in [2.45, 2.75) is 348 Å². The highest BCUT2D eigenvalue weighted by atomic mass is 16.6. The summed E-state index contributed by atoms with van der Waals surface area (Å²) < 4.78 is 16.9. The van der Waals surface area contributed by atoms with Gasteiger partial charge in [0.2, 0.25) is 0 Å². The van der Waals surface area contributed by atoms with Crippen LogP contribution < -0.4 is 0 Å². The summed E-state index contributed by atoms with van der Waals surface area (Å²) in [5.74, 6) is -0.931. The molecule has 1 atom stereocenters. The van der Waals surface area contributed by atoms with Crippen molar-refractivity contribution in [2.24, 2.45) is 0 Å². The van der Waals surface area contributed by atoms with Gasteiger partial charge in [-0.25, -0.2) is 0 Å². The first-order chi connectivity index (χ1) is 37.0. The molecule has 0 saturated carbocycles. The molecule has 0 aliphatic carbocycles. The van der Waals surface area contributed by atoms with Gasteiger partial charge in [0, 0.05) is 19.3 Å². The predicted molar refractivity (Wildman–Crippen MR) is 325 cm³/mol. The number of ether oxygens (including phenoxy) is 3. The number of hydrogen-bond acceptors (Lipinski definition) is 6. The Morgan fingerprint density at radius 2 is 0.520 bits per heavy atom. The fraction of sp³-hybridized carbons (Fsp3) is 0.812. The molecule has 0 rings (SSSR count). The SMILES string of the molecule is CC/C=C\C/C=C\C/C=C\C/C=C\C/C=C\CCCC(=O)OC(COC(=O)CCCCCCCCCCCCCCCC)COC(=O)CCCCCCCCCCCCCCCCCCCCCCCCCCCC. The van der Waals surface area contributed by atoms with Crippen LogP contribution in [-0.2, 0) is 28.6 Å². The summed E-state index contributed by atoms with van der Waals surface area (Å²) >= 11 is 0. The van der Waals surface area contributed by atoms with Crippen LogP contribution in [-0.4, -0.2) is 37.2 Å². The third-order valence-corrected chi connectivity index (χ3v) is 14.5. The fourth-order valence-electron chi connectivity index (χ4n) is 9.66. The van der Waals surface area contributed by atoms with Gasteiger partial charge in [-0.2, -0.15) is 0 Å². The van der Waals surface area contributed by atoms with Gasteiger partial charge < -0.3 is 14.2 Å². The monoisotopic (exact) mass is 1050 g/mol. The molecule has 0 saturated heterocycles. The molecule has 0 radical (unpaired) electrons. The molecule has 0 aromatic carbocycles. The molecule has 6 heteroatoms. The minimum absolute atomic E-state index is 0.0923. The average molecular weight is 1050 g/mol. The molecule has 0 spiro atoms. The highest BCUT2D eigenvalue weighted by Crippen LogP contribution is 2.18. The minimum Gasteiger partial charge on any atom is -0.462 e. The van der Waals surface area contributed by atoms with Gasteiger partial charge in [-0.15, -0.1) is 0 Å². The van der Waals surface area contributed by atoms with Crippen LogP contribution in [0.25, 0.3) is 0 Å². The van der Waals surface area contributed by atoms with Crippen LogP contribution in [0.5, 0.6) is 0 Å². The van der Waals surface area contributed by atoms with E-state index in [1.165, 1.54) is 218 Å². The molecule has 0 heterocycles. The average Bonchev–Trinajstić information content (AvgIpc) is 3.41. The first kappa shape index (κ1) is 72.1. The zero-order valence-corrected chi connectivity index (χ0v) is 50.1. The third kappa shape index (κ3) is 61.8. The molecule has 0 N–H and O–H groups in total. The smallest absolute Gasteiger partial charge is 0.306 e. The molecule has 436 valence electrons. The van der Waals surface area contributed by atoms with E-state index in [4.69, 9.17) is 14.2 Å². The Kier molecular flexibility index (Phi) is 61.2. The maximum absolute atomic E-state index is 12.9. The number of unbranched alkanes of at least 4 members (excludes halogenated alkanes) is 39. The van der Waals surface area contributed by atoms with Crippen molar-refractivity contribution < 1.29 is 28.6 Å². The third-order valence-electron chi connectivity index (χ3n) is 14.5. The largest absolute Gasteiger partial charge is 0.462 e. The fourth-order valence-corrected chi connectivity index (χ4v) is 9.66. The zero-order valence-electron chi connectivity index (χ0n) is 50.1. The molecule has 0 aliphatic rings. The van der Waals surface area contributed by atoms with Crippen molar-refractivity contribution in [3.8, 4) is 0 Å². The molecule has 0 aromatic rings. The molecule has 1 unspecified atom stereocenters. The number of allylic oxidation sites excluding steroid dienone is 10. The van der Waals surface area contributed by atoms with E-state index in [9.17, 15) is 14.4 Å². The van der Waals surface area contributed by atoms with E-state index >= 15 is 0 Å². The number of hydrogen-bond donors (Lipinski definition) is 0. The lowest BCUT2D eigenvalue weighted by atomic mass is 10.0. The summed E-state index contributed by atoms with van der Waals surface area (Å²) in [6.07, 6.45) is 81.1. The summed E-state index contributed by atoms with van der Waals surface area (Å²) in [6, 6.07) is 0. The number of rotatable bonds is 60. The molecular formula is C69H124O6. The summed E-state index contributed by atoms with van der Waals surface area (Å²) in [4.78, 5) is 38.3. The molecule has 0 amide bonds. The van der Waals surface area contributed by atoms with Gasteiger partial charge in [-0.3, -0.25) is 14.4 Å². The van der Waals surface area contributed by atoms with Crippen LogP contribution in [0.3, 0.4) is 0 Å². The van der Waals surface area contributed by atoms with Crippen LogP contribution in [0.4, 0.5) is 0 Å². The van der Waals surface area contributed by atoms with Gasteiger partial charge in [0.05, 0.1) is 0 Å². The topological polar surface area (TPSA) is 78.9 Å². The molecule has 0 aromatic heterocycles. The van der Waals surface area contributed by atoms with Crippen molar-refractivity contribution >= 4 is 17.9 Å². The zero-order chi connectivity index (χ0) is 54.3. The Hall–Kier alpha value is -2.89. The Labute approximate surface area is 466 Å². The maximum Gasteiger partial charge on any atom is 0.306 e. The summed E-state index contributed by atoms with van der Waals surface area (Å²) in [6.45, 7) is 6.53. The molecular weight excluding hydrogens is 925 g/mol. The van der Waals surface area contributed by atoms with E-state index in [-0.39, 0.29) is 37.5 Å². The van der Waals surface area contributed by atoms with Crippen LogP contribution in [0, 0.1) is 0 Å². The predicted octanol–water partition coefficient (Wildman–Crippen LogP) is 22.3. The van der Waals surface area contributed by atoms with E-state index in [1.54, 1.807) is 0 Å². The maximum atomic E-state index is 12.9. The molecule has 0 fully saturated rings. The van der Waals surface area contributed by atoms with Crippen LogP contribution in [0.1, 0.15) is 342 Å². The Morgan fingerprint density at radius 3 is 0.800 bits per heavy atom. The summed E-state index contributed by atoms with van der Waals surface area (Å²) in [5.41, 5.74) is 0. The molecule has 6 nitrogen and oxygen atoms in total. The van der Waals surface area contributed by atoms with E-state index in [0.717, 1.165) is 77.0 Å². The molecule has 0 bridgehead atoms. The first-order valence-electron chi connectivity index (χ1n) is 32.8. The Balaban J connectivity index is 4.29. The van der Waals surface area contributed by atoms with Gasteiger partial charge in [-0.05, 0) is 57.8 Å². The van der Waals surface area contributed by atoms with Gasteiger partial charge in [-0.1, -0.05) is 326 Å². The second-order valence-electron chi connectivity index (χ2n) is 22.0. The number of carbonyl (C=O) groups is 3. The number of carbonyl (C=O) groups excluding carboxylic acids is 3. The Morgan fingerprint density at radius 1 is 0.280 bits per heavy atom. The summed E-state index contributed by atoms with van der Waals surface area (Å²) in [5, 5.41) is 0. The Bertz CT molecular complexity index is 1340. The lowest BCUT2D eigenvalue weighted by Crippen LogP contribution is -2.30. The second-order valence-corrected chi connectivity index (χ2v) is 22.0. The van der Waals surface area contributed by atoms with Crippen molar-refractivity contribution in [1.82, 2.24) is 0 Å². The standard InChI is InChI=1S/C69H124O6/c1-4-7-10-13-16-19-22-25-28-30-31-32-33-34-35-36-37-38-40-41-44-47-50-53-56-59-62-68(71)74-65-66(64-73-67(70)61-58-55-52-49-46-43-27-24-21-18-15-12-9-6-3)75-69(72)63-60-57-54-51-48-45-42-39-29-26-23-20-17-14-11-8-5-2/h8,11,17,20,26,29,42,45,51,54,66H,4-7,9-10,12-16,18-19,21-25,27-28,30-41,43-44,46-50,52-53,55-65H2,1-3H3/b11-8-,20-17-,29-26-,45-42-,54-51-. The second kappa shape index (κ2) is 63.6. The van der Waals surface area contributed by atoms with Gasteiger partial charge >= 0.3 is 17.9 Å². The lowest BCUT2D eigenvalue weighted by molar-refractivity contribution is -0.167. The van der Waals surface area contributed by atoms with Crippen molar-refractivity contribution in [3.05, 3.63) is 60.8 Å². The normalized spacial score (nSPS) is 12.4.